The van der Waals surface area contributed by atoms with E-state index in [4.69, 9.17) is 11.6 Å². The summed E-state index contributed by atoms with van der Waals surface area (Å²) < 4.78 is 13.1. The van der Waals surface area contributed by atoms with Crippen LogP contribution in [-0.4, -0.2) is 30.8 Å². The van der Waals surface area contributed by atoms with Crippen molar-refractivity contribution in [2.75, 3.05) is 14.1 Å². The molecule has 1 N–H and O–H groups in total. The summed E-state index contributed by atoms with van der Waals surface area (Å²) in [7, 11) is 3.47. The third kappa shape index (κ3) is 4.07. The van der Waals surface area contributed by atoms with Crippen molar-refractivity contribution in [1.29, 1.82) is 0 Å². The first-order chi connectivity index (χ1) is 12.3. The number of nitrogens with one attached hydrogen (secondary N) is 1. The van der Waals surface area contributed by atoms with E-state index in [-0.39, 0.29) is 24.3 Å². The predicted octanol–water partition coefficient (Wildman–Crippen LogP) is 3.66. The summed E-state index contributed by atoms with van der Waals surface area (Å²) >= 11 is 7.52. The summed E-state index contributed by atoms with van der Waals surface area (Å²) in [6.07, 6.45) is 2.19. The average Bonchev–Trinajstić information content (AvgIpc) is 3.03. The number of hydrogen-bond acceptors (Lipinski definition) is 3. The lowest BCUT2D eigenvalue weighted by Gasteiger charge is -2.21. The maximum Gasteiger partial charge on any atom is 0.263 e. The van der Waals surface area contributed by atoms with Crippen LogP contribution in [0.15, 0.2) is 24.3 Å². The first-order valence-electron chi connectivity index (χ1n) is 8.40. The van der Waals surface area contributed by atoms with Gasteiger partial charge in [0.15, 0.2) is 0 Å². The standard InChI is InChI=1S/C19H20ClFN2O2S/c1-23(2)19(25)17-8-13-7-11(4-6-16(13)26-17)18(24)22-10-12-3-5-14(21)9-15(12)20/h3,5,8-9,11H,4,6-7,10H2,1-2H3,(H,22,24)/t11-/m0/s1. The van der Waals surface area contributed by atoms with Gasteiger partial charge in [-0.25, -0.2) is 4.39 Å². The topological polar surface area (TPSA) is 49.4 Å². The van der Waals surface area contributed by atoms with Crippen molar-refractivity contribution >= 4 is 34.8 Å². The van der Waals surface area contributed by atoms with Crippen LogP contribution in [0, 0.1) is 11.7 Å². The van der Waals surface area contributed by atoms with Gasteiger partial charge in [-0.15, -0.1) is 11.3 Å². The fraction of sp³-hybridized carbons (Fsp3) is 0.368. The molecule has 4 nitrogen and oxygen atoms in total. The Labute approximate surface area is 161 Å². The van der Waals surface area contributed by atoms with E-state index >= 15 is 0 Å². The number of rotatable bonds is 4. The molecule has 1 aliphatic rings. The van der Waals surface area contributed by atoms with Crippen molar-refractivity contribution in [2.45, 2.75) is 25.8 Å². The highest BCUT2D eigenvalue weighted by atomic mass is 35.5. The van der Waals surface area contributed by atoms with Crippen LogP contribution in [0.3, 0.4) is 0 Å². The molecule has 0 spiro atoms. The van der Waals surface area contributed by atoms with E-state index in [0.717, 1.165) is 23.3 Å². The highest BCUT2D eigenvalue weighted by molar-refractivity contribution is 7.14. The Balaban J connectivity index is 1.63. The molecule has 7 heteroatoms. The molecule has 1 heterocycles. The van der Waals surface area contributed by atoms with E-state index < -0.39 is 5.82 Å². The second-order valence-corrected chi connectivity index (χ2v) is 8.20. The summed E-state index contributed by atoms with van der Waals surface area (Å²) in [5.74, 6) is -0.567. The molecule has 138 valence electrons. The molecule has 1 atom stereocenters. The van der Waals surface area contributed by atoms with Crippen molar-refractivity contribution in [2.24, 2.45) is 5.92 Å². The zero-order chi connectivity index (χ0) is 18.8. The van der Waals surface area contributed by atoms with Crippen molar-refractivity contribution in [3.05, 3.63) is 56.0 Å². The summed E-state index contributed by atoms with van der Waals surface area (Å²) in [6.45, 7) is 0.273. The van der Waals surface area contributed by atoms with E-state index in [2.05, 4.69) is 5.32 Å². The molecule has 1 aromatic carbocycles. The number of aryl methyl sites for hydroxylation is 1. The Kier molecular flexibility index (Phi) is 5.63. The Bertz CT molecular complexity index is 850. The summed E-state index contributed by atoms with van der Waals surface area (Å²) in [4.78, 5) is 28.1. The molecule has 26 heavy (non-hydrogen) atoms. The van der Waals surface area contributed by atoms with Crippen LogP contribution in [0.4, 0.5) is 4.39 Å². The minimum atomic E-state index is -0.398. The zero-order valence-electron chi connectivity index (χ0n) is 14.6. The third-order valence-corrected chi connectivity index (χ3v) is 6.12. The molecule has 1 aliphatic carbocycles. The molecule has 0 unspecified atom stereocenters. The molecule has 2 amide bonds. The van der Waals surface area contributed by atoms with Gasteiger partial charge in [-0.1, -0.05) is 17.7 Å². The van der Waals surface area contributed by atoms with Gasteiger partial charge in [-0.3, -0.25) is 9.59 Å². The molecular weight excluding hydrogens is 375 g/mol. The van der Waals surface area contributed by atoms with Crippen LogP contribution >= 0.6 is 22.9 Å². The number of halogens is 2. The first kappa shape index (κ1) is 18.9. The van der Waals surface area contributed by atoms with E-state index in [1.54, 1.807) is 25.1 Å². The van der Waals surface area contributed by atoms with Gasteiger partial charge in [0.1, 0.15) is 5.82 Å². The summed E-state index contributed by atoms with van der Waals surface area (Å²) in [6, 6.07) is 6.06. The van der Waals surface area contributed by atoms with Crippen molar-refractivity contribution in [3.63, 3.8) is 0 Å². The van der Waals surface area contributed by atoms with Gasteiger partial charge < -0.3 is 10.2 Å². The van der Waals surface area contributed by atoms with E-state index in [1.807, 2.05) is 6.07 Å². The summed E-state index contributed by atoms with van der Waals surface area (Å²) in [5.41, 5.74) is 1.78. The second kappa shape index (κ2) is 7.76. The monoisotopic (exact) mass is 394 g/mol. The summed E-state index contributed by atoms with van der Waals surface area (Å²) in [5, 5.41) is 3.20. The van der Waals surface area contributed by atoms with Crippen LogP contribution in [0.2, 0.25) is 5.02 Å². The Morgan fingerprint density at radius 2 is 2.12 bits per heavy atom. The number of amides is 2. The van der Waals surface area contributed by atoms with Crippen LogP contribution in [-0.2, 0) is 24.2 Å². The third-order valence-electron chi connectivity index (χ3n) is 4.54. The molecule has 0 saturated heterocycles. The van der Waals surface area contributed by atoms with Gasteiger partial charge in [0.05, 0.1) is 4.88 Å². The van der Waals surface area contributed by atoms with Crippen LogP contribution in [0.1, 0.15) is 32.1 Å². The van der Waals surface area contributed by atoms with Gasteiger partial charge in [-0.2, -0.15) is 0 Å². The number of benzene rings is 1. The number of hydrogen-bond donors (Lipinski definition) is 1. The molecule has 2 aromatic rings. The number of carbonyl (C=O) groups excluding carboxylic acids is 2. The number of thiophene rings is 1. The fourth-order valence-corrected chi connectivity index (χ4v) is 4.53. The van der Waals surface area contributed by atoms with Crippen molar-refractivity contribution in [1.82, 2.24) is 10.2 Å². The van der Waals surface area contributed by atoms with Gasteiger partial charge in [0.25, 0.3) is 5.91 Å². The Hall–Kier alpha value is -1.92. The lowest BCUT2D eigenvalue weighted by atomic mass is 9.87. The molecule has 1 aromatic heterocycles. The molecule has 0 radical (unpaired) electrons. The smallest absolute Gasteiger partial charge is 0.263 e. The molecule has 0 bridgehead atoms. The lowest BCUT2D eigenvalue weighted by Crippen LogP contribution is -2.33. The molecule has 0 aliphatic heterocycles. The van der Waals surface area contributed by atoms with Crippen molar-refractivity contribution in [3.8, 4) is 0 Å². The maximum absolute atomic E-state index is 13.1. The highest BCUT2D eigenvalue weighted by Gasteiger charge is 2.27. The number of carbonyl (C=O) groups is 2. The second-order valence-electron chi connectivity index (χ2n) is 6.65. The number of fused-ring (bicyclic) bond motifs is 1. The van der Waals surface area contributed by atoms with Gasteiger partial charge in [-0.05, 0) is 48.6 Å². The molecule has 0 fully saturated rings. The van der Waals surface area contributed by atoms with Gasteiger partial charge >= 0.3 is 0 Å². The quantitative estimate of drug-likeness (QED) is 0.860. The van der Waals surface area contributed by atoms with Gasteiger partial charge in [0.2, 0.25) is 5.91 Å². The normalized spacial score (nSPS) is 16.1. The fourth-order valence-electron chi connectivity index (χ4n) is 3.06. The van der Waals surface area contributed by atoms with E-state index in [9.17, 15) is 14.0 Å². The van der Waals surface area contributed by atoms with Gasteiger partial charge in [0, 0.05) is 36.5 Å². The molecular formula is C19H20ClFN2O2S. The first-order valence-corrected chi connectivity index (χ1v) is 9.59. The minimum absolute atomic E-state index is 0.00338. The van der Waals surface area contributed by atoms with E-state index in [0.29, 0.717) is 17.0 Å². The SMILES string of the molecule is CN(C)C(=O)c1cc2c(s1)CC[C@H](C(=O)NCc1ccc(F)cc1Cl)C2. The van der Waals surface area contributed by atoms with Crippen LogP contribution in [0.25, 0.3) is 0 Å². The van der Waals surface area contributed by atoms with Crippen LogP contribution < -0.4 is 5.32 Å². The number of nitrogens with zero attached hydrogens (tertiary/aromatic N) is 1. The lowest BCUT2D eigenvalue weighted by molar-refractivity contribution is -0.125. The van der Waals surface area contributed by atoms with Crippen LogP contribution in [0.5, 0.6) is 0 Å². The highest BCUT2D eigenvalue weighted by Crippen LogP contribution is 2.33. The van der Waals surface area contributed by atoms with Crippen molar-refractivity contribution < 1.29 is 14.0 Å². The maximum atomic E-state index is 13.1. The largest absolute Gasteiger partial charge is 0.352 e. The minimum Gasteiger partial charge on any atom is -0.352 e. The Morgan fingerprint density at radius 3 is 2.81 bits per heavy atom. The molecule has 3 rings (SSSR count). The predicted molar refractivity (Wildman–Crippen MR) is 101 cm³/mol. The zero-order valence-corrected chi connectivity index (χ0v) is 16.2. The Morgan fingerprint density at radius 1 is 1.35 bits per heavy atom. The average molecular weight is 395 g/mol. The molecule has 0 saturated carbocycles. The van der Waals surface area contributed by atoms with E-state index in [1.165, 1.54) is 28.3 Å².